The minimum Gasteiger partial charge on any atom is -0.387 e. The molecule has 0 bridgehead atoms. The van der Waals surface area contributed by atoms with E-state index in [2.05, 4.69) is 67.8 Å². The molecule has 0 saturated heterocycles. The van der Waals surface area contributed by atoms with Crippen LogP contribution in [0.4, 0.5) is 0 Å². The second kappa shape index (κ2) is 27.2. The summed E-state index contributed by atoms with van der Waals surface area (Å²) in [4.78, 5) is 12.3. The lowest BCUT2D eigenvalue weighted by Gasteiger charge is -2.21. The zero-order valence-electron chi connectivity index (χ0n) is 25.2. The SMILES string of the molecule is CC/C=C\C/C=C\C/C=C\C/C=C\CCCCCCCCC(=O)NC(CS(=O)(=O)O)C(O)/C=C/CCCCCC. The smallest absolute Gasteiger partial charge is 0.267 e. The van der Waals surface area contributed by atoms with Crippen LogP contribution in [0.3, 0.4) is 0 Å². The van der Waals surface area contributed by atoms with Crippen molar-refractivity contribution in [2.45, 2.75) is 135 Å². The van der Waals surface area contributed by atoms with Crippen molar-refractivity contribution >= 4 is 16.0 Å². The summed E-state index contributed by atoms with van der Waals surface area (Å²) in [6.07, 6.45) is 36.6. The molecule has 7 heteroatoms. The van der Waals surface area contributed by atoms with Gasteiger partial charge < -0.3 is 10.4 Å². The van der Waals surface area contributed by atoms with Gasteiger partial charge in [0.2, 0.25) is 5.91 Å². The molecule has 1 amide bonds. The summed E-state index contributed by atoms with van der Waals surface area (Å²) in [5, 5.41) is 13.0. The molecule has 0 aliphatic carbocycles. The van der Waals surface area contributed by atoms with E-state index in [1.807, 2.05) is 6.08 Å². The van der Waals surface area contributed by atoms with Crippen molar-refractivity contribution in [3.63, 3.8) is 0 Å². The van der Waals surface area contributed by atoms with E-state index in [4.69, 9.17) is 0 Å². The minimum atomic E-state index is -4.33. The van der Waals surface area contributed by atoms with E-state index in [0.717, 1.165) is 96.3 Å². The van der Waals surface area contributed by atoms with Gasteiger partial charge in [0.05, 0.1) is 17.9 Å². The van der Waals surface area contributed by atoms with Crippen LogP contribution in [0.15, 0.2) is 60.8 Å². The number of unbranched alkanes of at least 4 members (excludes halogenated alkanes) is 10. The first-order valence-electron chi connectivity index (χ1n) is 15.5. The number of aliphatic hydroxyl groups excluding tert-OH is 1. The Morgan fingerprint density at radius 3 is 1.77 bits per heavy atom. The van der Waals surface area contributed by atoms with Gasteiger partial charge in [-0.15, -0.1) is 0 Å². The maximum atomic E-state index is 12.3. The summed E-state index contributed by atoms with van der Waals surface area (Å²) in [5.74, 6) is -1.01. The van der Waals surface area contributed by atoms with E-state index < -0.39 is 28.0 Å². The number of hydrogen-bond acceptors (Lipinski definition) is 4. The molecule has 0 fully saturated rings. The maximum Gasteiger partial charge on any atom is 0.267 e. The number of hydrogen-bond donors (Lipinski definition) is 3. The van der Waals surface area contributed by atoms with E-state index in [9.17, 15) is 22.9 Å². The van der Waals surface area contributed by atoms with Gasteiger partial charge in [-0.25, -0.2) is 0 Å². The van der Waals surface area contributed by atoms with Gasteiger partial charge in [0.1, 0.15) is 0 Å². The van der Waals surface area contributed by atoms with Crippen LogP contribution >= 0.6 is 0 Å². The Bertz CT molecular complexity index is 858. The van der Waals surface area contributed by atoms with Crippen LogP contribution in [-0.2, 0) is 14.9 Å². The van der Waals surface area contributed by atoms with Gasteiger partial charge in [-0.3, -0.25) is 9.35 Å². The molecule has 0 saturated carbocycles. The number of nitrogens with one attached hydrogen (secondary N) is 1. The predicted octanol–water partition coefficient (Wildman–Crippen LogP) is 8.17. The standard InChI is InChI=1S/C33H57NO5S/c1-3-5-7-9-11-12-13-14-15-16-17-18-19-20-21-22-23-25-27-29-33(36)34-31(30-40(37,38)39)32(35)28-26-24-10-8-6-4-2/h5,7,11-12,14-15,17-18,26,28,31-32,35H,3-4,6,8-10,13,16,19-25,27,29-30H2,1-2H3,(H,34,36)(H,37,38,39)/b7-5-,12-11-,15-14-,18-17-,28-26+. The first-order valence-corrected chi connectivity index (χ1v) is 17.1. The minimum absolute atomic E-state index is 0.275. The third-order valence-corrected chi connectivity index (χ3v) is 7.23. The quantitative estimate of drug-likeness (QED) is 0.0545. The molecular weight excluding hydrogens is 522 g/mol. The van der Waals surface area contributed by atoms with Crippen LogP contribution in [0.25, 0.3) is 0 Å². The highest BCUT2D eigenvalue weighted by Crippen LogP contribution is 2.10. The Kier molecular flexibility index (Phi) is 25.9. The van der Waals surface area contributed by atoms with Crippen LogP contribution < -0.4 is 5.32 Å². The highest BCUT2D eigenvalue weighted by molar-refractivity contribution is 7.85. The number of allylic oxidation sites excluding steroid dienone is 9. The van der Waals surface area contributed by atoms with Crippen molar-refractivity contribution in [2.24, 2.45) is 0 Å². The molecule has 0 rings (SSSR count). The Morgan fingerprint density at radius 1 is 0.700 bits per heavy atom. The van der Waals surface area contributed by atoms with Crippen LogP contribution in [-0.4, -0.2) is 41.9 Å². The normalized spacial score (nSPS) is 14.4. The van der Waals surface area contributed by atoms with Crippen molar-refractivity contribution in [1.29, 1.82) is 0 Å². The topological polar surface area (TPSA) is 104 Å². The monoisotopic (exact) mass is 579 g/mol. The van der Waals surface area contributed by atoms with Gasteiger partial charge in [0.25, 0.3) is 10.1 Å². The molecule has 0 aliphatic heterocycles. The van der Waals surface area contributed by atoms with E-state index in [1.54, 1.807) is 0 Å². The number of carbonyl (C=O) groups is 1. The van der Waals surface area contributed by atoms with Crippen LogP contribution in [0, 0.1) is 0 Å². The zero-order valence-corrected chi connectivity index (χ0v) is 26.0. The summed E-state index contributed by atoms with van der Waals surface area (Å²) in [6, 6.07) is -1.06. The third kappa shape index (κ3) is 27.6. The number of aliphatic hydroxyl groups is 1. The summed E-state index contributed by atoms with van der Waals surface area (Å²) in [7, 11) is -4.33. The van der Waals surface area contributed by atoms with Gasteiger partial charge in [-0.1, -0.05) is 120 Å². The molecule has 0 radical (unpaired) electrons. The maximum absolute atomic E-state index is 12.3. The fourth-order valence-electron chi connectivity index (χ4n) is 4.14. The van der Waals surface area contributed by atoms with Gasteiger partial charge >= 0.3 is 0 Å². The van der Waals surface area contributed by atoms with E-state index in [-0.39, 0.29) is 12.3 Å². The second-order valence-corrected chi connectivity index (χ2v) is 11.8. The summed E-state index contributed by atoms with van der Waals surface area (Å²) in [6.45, 7) is 4.28. The molecule has 2 atom stereocenters. The summed E-state index contributed by atoms with van der Waals surface area (Å²) in [5.41, 5.74) is 0. The van der Waals surface area contributed by atoms with Crippen molar-refractivity contribution in [1.82, 2.24) is 5.32 Å². The van der Waals surface area contributed by atoms with E-state index >= 15 is 0 Å². The molecule has 40 heavy (non-hydrogen) atoms. The predicted molar refractivity (Wildman–Crippen MR) is 170 cm³/mol. The van der Waals surface area contributed by atoms with E-state index in [1.165, 1.54) is 6.08 Å². The van der Waals surface area contributed by atoms with Crippen LogP contribution in [0.5, 0.6) is 0 Å². The molecule has 0 aromatic carbocycles. The molecule has 230 valence electrons. The molecular formula is C33H57NO5S. The van der Waals surface area contributed by atoms with Crippen LogP contribution in [0.2, 0.25) is 0 Å². The third-order valence-electron chi connectivity index (χ3n) is 6.45. The van der Waals surface area contributed by atoms with Gasteiger partial charge in [0, 0.05) is 6.42 Å². The zero-order chi connectivity index (χ0) is 29.7. The number of rotatable bonds is 26. The molecule has 0 aromatic rings. The molecule has 3 N–H and O–H groups in total. The second-order valence-electron chi connectivity index (χ2n) is 10.4. The fraction of sp³-hybridized carbons (Fsp3) is 0.667. The highest BCUT2D eigenvalue weighted by Gasteiger charge is 2.24. The van der Waals surface area contributed by atoms with Gasteiger partial charge in [0.15, 0.2) is 0 Å². The molecule has 6 nitrogen and oxygen atoms in total. The van der Waals surface area contributed by atoms with Gasteiger partial charge in [-0.2, -0.15) is 8.42 Å². The van der Waals surface area contributed by atoms with Crippen molar-refractivity contribution in [2.75, 3.05) is 5.75 Å². The lowest BCUT2D eigenvalue weighted by molar-refractivity contribution is -0.122. The number of amides is 1. The van der Waals surface area contributed by atoms with Crippen molar-refractivity contribution < 1.29 is 22.9 Å². The van der Waals surface area contributed by atoms with Crippen molar-refractivity contribution in [3.8, 4) is 0 Å². The molecule has 0 aromatic heterocycles. The van der Waals surface area contributed by atoms with Gasteiger partial charge in [-0.05, 0) is 57.8 Å². The first kappa shape index (κ1) is 38.0. The number of carbonyl (C=O) groups excluding carboxylic acids is 1. The summed E-state index contributed by atoms with van der Waals surface area (Å²) < 4.78 is 32.0. The largest absolute Gasteiger partial charge is 0.387 e. The molecule has 0 spiro atoms. The highest BCUT2D eigenvalue weighted by atomic mass is 32.2. The Balaban J connectivity index is 3.98. The van der Waals surface area contributed by atoms with E-state index in [0.29, 0.717) is 6.42 Å². The van der Waals surface area contributed by atoms with Crippen molar-refractivity contribution in [3.05, 3.63) is 60.8 Å². The lowest BCUT2D eigenvalue weighted by atomic mass is 10.1. The molecule has 0 aliphatic rings. The Morgan fingerprint density at radius 2 is 1.20 bits per heavy atom. The average Bonchev–Trinajstić information content (AvgIpc) is 2.90. The molecule has 2 unspecified atom stereocenters. The average molecular weight is 580 g/mol. The fourth-order valence-corrected chi connectivity index (χ4v) is 4.88. The Labute approximate surface area is 245 Å². The summed E-state index contributed by atoms with van der Waals surface area (Å²) >= 11 is 0. The Hall–Kier alpha value is -1.96. The van der Waals surface area contributed by atoms with Crippen LogP contribution in [0.1, 0.15) is 123 Å². The first-order chi connectivity index (χ1) is 19.3. The molecule has 0 heterocycles. The lowest BCUT2D eigenvalue weighted by Crippen LogP contribution is -2.46.